The highest BCUT2D eigenvalue weighted by atomic mass is 32.2. The minimum absolute atomic E-state index is 0.000945. The molecule has 116 valence electrons. The Morgan fingerprint density at radius 1 is 1.41 bits per heavy atom. The van der Waals surface area contributed by atoms with Gasteiger partial charge in [-0.15, -0.1) is 23.5 Å². The number of fused-ring (bicyclic) bond motifs is 1. The highest BCUT2D eigenvalue weighted by Gasteiger charge is 2.32. The van der Waals surface area contributed by atoms with E-state index >= 15 is 0 Å². The fourth-order valence-electron chi connectivity index (χ4n) is 2.64. The van der Waals surface area contributed by atoms with Crippen LogP contribution in [0.2, 0.25) is 0 Å². The summed E-state index contributed by atoms with van der Waals surface area (Å²) in [6, 6.07) is 8.16. The van der Waals surface area contributed by atoms with Crippen LogP contribution in [0.5, 0.6) is 0 Å². The monoisotopic (exact) mass is 333 g/mol. The molecule has 2 aromatic rings. The Labute approximate surface area is 138 Å². The number of hydrogen-bond donors (Lipinski definition) is 1. The second-order valence-electron chi connectivity index (χ2n) is 5.51. The van der Waals surface area contributed by atoms with Crippen LogP contribution in [0, 0.1) is 0 Å². The highest BCUT2D eigenvalue weighted by Crippen LogP contribution is 2.45. The van der Waals surface area contributed by atoms with Gasteiger partial charge < -0.3 is 4.57 Å². The molecule has 1 aliphatic heterocycles. The van der Waals surface area contributed by atoms with Crippen LogP contribution in [0.4, 0.5) is 0 Å². The van der Waals surface area contributed by atoms with E-state index < -0.39 is 0 Å². The first-order valence-electron chi connectivity index (χ1n) is 7.21. The molecule has 1 aromatic heterocycles. The molecule has 1 aliphatic rings. The number of aromatic nitrogens is 1. The predicted octanol–water partition coefficient (Wildman–Crippen LogP) is 3.21. The maximum Gasteiger partial charge on any atom is 0.242 e. The first-order valence-corrected chi connectivity index (χ1v) is 9.18. The van der Waals surface area contributed by atoms with Crippen LogP contribution >= 0.6 is 23.5 Å². The summed E-state index contributed by atoms with van der Waals surface area (Å²) in [5, 5.41) is 5.26. The van der Waals surface area contributed by atoms with E-state index in [0.717, 1.165) is 28.0 Å². The molecule has 2 heterocycles. The fraction of sp³-hybridized carbons (Fsp3) is 0.375. The molecular weight excluding hydrogens is 314 g/mol. The molecule has 1 N–H and O–H groups in total. The van der Waals surface area contributed by atoms with E-state index in [0.29, 0.717) is 6.42 Å². The van der Waals surface area contributed by atoms with E-state index in [2.05, 4.69) is 34.2 Å². The number of rotatable bonds is 4. The van der Waals surface area contributed by atoms with E-state index in [9.17, 15) is 4.79 Å². The van der Waals surface area contributed by atoms with Crippen LogP contribution in [0.3, 0.4) is 0 Å². The van der Waals surface area contributed by atoms with Crippen molar-refractivity contribution in [3.8, 4) is 0 Å². The molecule has 1 fully saturated rings. The summed E-state index contributed by atoms with van der Waals surface area (Å²) < 4.78 is 2.06. The molecule has 3 rings (SSSR count). The average Bonchev–Trinajstić information content (AvgIpc) is 3.04. The number of hydrazone groups is 1. The Morgan fingerprint density at radius 2 is 2.14 bits per heavy atom. The van der Waals surface area contributed by atoms with Gasteiger partial charge in [0.05, 0.1) is 16.7 Å². The van der Waals surface area contributed by atoms with Gasteiger partial charge in [-0.25, -0.2) is 5.43 Å². The smallest absolute Gasteiger partial charge is 0.242 e. The Balaban J connectivity index is 1.65. The van der Waals surface area contributed by atoms with Crippen molar-refractivity contribution >= 4 is 46.5 Å². The van der Waals surface area contributed by atoms with Crippen molar-refractivity contribution in [2.24, 2.45) is 12.1 Å². The molecule has 0 aliphatic carbocycles. The fourth-order valence-corrected chi connectivity index (χ4v) is 5.47. The lowest BCUT2D eigenvalue weighted by atomic mass is 10.2. The Kier molecular flexibility index (Phi) is 4.49. The normalized spacial score (nSPS) is 17.4. The van der Waals surface area contributed by atoms with Crippen molar-refractivity contribution in [2.45, 2.75) is 17.4 Å². The van der Waals surface area contributed by atoms with Gasteiger partial charge in [-0.05, 0) is 13.0 Å². The van der Waals surface area contributed by atoms with Crippen LogP contribution in [-0.4, -0.2) is 32.3 Å². The molecule has 22 heavy (non-hydrogen) atoms. The Bertz CT molecular complexity index is 717. The Hall–Kier alpha value is -1.40. The van der Waals surface area contributed by atoms with Crippen LogP contribution in [0.15, 0.2) is 35.6 Å². The van der Waals surface area contributed by atoms with Gasteiger partial charge in [-0.1, -0.05) is 18.2 Å². The van der Waals surface area contributed by atoms with Crippen molar-refractivity contribution in [3.63, 3.8) is 0 Å². The number of carbonyl (C=O) groups excluding carboxylic acids is 1. The lowest BCUT2D eigenvalue weighted by Crippen LogP contribution is -2.26. The summed E-state index contributed by atoms with van der Waals surface area (Å²) in [6.45, 7) is 2.13. The molecule has 1 saturated heterocycles. The molecule has 1 aromatic carbocycles. The molecular formula is C16H19N3OS2. The third-order valence-electron chi connectivity index (χ3n) is 3.70. The summed E-state index contributed by atoms with van der Waals surface area (Å²) in [6.07, 6.45) is 4.23. The SMILES string of the molecule is Cn1cc(/C=N\NC(=O)CC2(C)SCCS2)c2ccccc21. The van der Waals surface area contributed by atoms with Gasteiger partial charge in [-0.3, -0.25) is 4.79 Å². The van der Waals surface area contributed by atoms with Crippen molar-refractivity contribution in [2.75, 3.05) is 11.5 Å². The molecule has 6 heteroatoms. The van der Waals surface area contributed by atoms with Gasteiger partial charge in [0.15, 0.2) is 0 Å². The zero-order valence-corrected chi connectivity index (χ0v) is 14.3. The topological polar surface area (TPSA) is 46.4 Å². The van der Waals surface area contributed by atoms with Crippen molar-refractivity contribution in [1.29, 1.82) is 0 Å². The zero-order chi connectivity index (χ0) is 15.6. The highest BCUT2D eigenvalue weighted by molar-refractivity contribution is 8.21. The zero-order valence-electron chi connectivity index (χ0n) is 12.7. The van der Waals surface area contributed by atoms with Crippen LogP contribution in [-0.2, 0) is 11.8 Å². The number of hydrogen-bond acceptors (Lipinski definition) is 4. The minimum Gasteiger partial charge on any atom is -0.350 e. The number of nitrogens with one attached hydrogen (secondary N) is 1. The maximum atomic E-state index is 12.0. The molecule has 4 nitrogen and oxygen atoms in total. The van der Waals surface area contributed by atoms with Gasteiger partial charge in [0, 0.05) is 41.2 Å². The van der Waals surface area contributed by atoms with Gasteiger partial charge >= 0.3 is 0 Å². The summed E-state index contributed by atoms with van der Waals surface area (Å²) >= 11 is 3.71. The van der Waals surface area contributed by atoms with Crippen LogP contribution in [0.25, 0.3) is 10.9 Å². The molecule has 0 atom stereocenters. The van der Waals surface area contributed by atoms with E-state index in [4.69, 9.17) is 0 Å². The lowest BCUT2D eigenvalue weighted by Gasteiger charge is -2.19. The van der Waals surface area contributed by atoms with Crippen LogP contribution < -0.4 is 5.43 Å². The molecule has 1 amide bonds. The lowest BCUT2D eigenvalue weighted by molar-refractivity contribution is -0.121. The maximum absolute atomic E-state index is 12.0. The number of amides is 1. The number of para-hydroxylation sites is 1. The summed E-state index contributed by atoms with van der Waals surface area (Å²) in [5.74, 6) is 2.21. The average molecular weight is 333 g/mol. The number of nitrogens with zero attached hydrogens (tertiary/aromatic N) is 2. The van der Waals surface area contributed by atoms with Crippen molar-refractivity contribution in [1.82, 2.24) is 9.99 Å². The van der Waals surface area contributed by atoms with Gasteiger partial charge in [0.1, 0.15) is 0 Å². The van der Waals surface area contributed by atoms with Gasteiger partial charge in [-0.2, -0.15) is 5.10 Å². The van der Waals surface area contributed by atoms with Crippen molar-refractivity contribution < 1.29 is 4.79 Å². The summed E-state index contributed by atoms with van der Waals surface area (Å²) in [4.78, 5) is 12.0. The minimum atomic E-state index is -0.0270. The number of benzene rings is 1. The molecule has 0 bridgehead atoms. The molecule has 0 radical (unpaired) electrons. The molecule has 0 saturated carbocycles. The third-order valence-corrected chi connectivity index (χ3v) is 6.99. The standard InChI is InChI=1S/C16H19N3OS2/c1-16(21-7-8-22-16)9-15(20)18-17-10-12-11-19(2)14-6-4-3-5-13(12)14/h3-6,10-11H,7-9H2,1-2H3,(H,18,20)/b17-10-. The largest absolute Gasteiger partial charge is 0.350 e. The van der Waals surface area contributed by atoms with Gasteiger partial charge in [0.2, 0.25) is 5.91 Å². The number of carbonyl (C=O) groups is 1. The van der Waals surface area contributed by atoms with Crippen molar-refractivity contribution in [3.05, 3.63) is 36.0 Å². The third kappa shape index (κ3) is 3.33. The Morgan fingerprint density at radius 3 is 2.91 bits per heavy atom. The first kappa shape index (κ1) is 15.5. The quantitative estimate of drug-likeness (QED) is 0.690. The second-order valence-corrected chi connectivity index (χ2v) is 8.97. The second kappa shape index (κ2) is 6.38. The van der Waals surface area contributed by atoms with Crippen LogP contribution in [0.1, 0.15) is 18.9 Å². The van der Waals surface area contributed by atoms with E-state index in [-0.39, 0.29) is 9.99 Å². The summed E-state index contributed by atoms with van der Waals surface area (Å²) in [5.41, 5.74) is 4.81. The first-order chi connectivity index (χ1) is 10.6. The summed E-state index contributed by atoms with van der Waals surface area (Å²) in [7, 11) is 2.01. The predicted molar refractivity (Wildman–Crippen MR) is 96.6 cm³/mol. The molecule has 0 spiro atoms. The van der Waals surface area contributed by atoms with E-state index in [1.807, 2.05) is 48.9 Å². The number of aryl methyl sites for hydroxylation is 1. The van der Waals surface area contributed by atoms with Gasteiger partial charge in [0.25, 0.3) is 0 Å². The van der Waals surface area contributed by atoms with E-state index in [1.165, 1.54) is 0 Å². The number of thioether (sulfide) groups is 2. The van der Waals surface area contributed by atoms with E-state index in [1.54, 1.807) is 6.21 Å². The molecule has 0 unspecified atom stereocenters.